The zero-order valence-corrected chi connectivity index (χ0v) is 28.9. The SMILES string of the molecule is CO.COc1ccc2c3c1O[C@@H]1C(=O)CC[C@@H]4C(C2)N(C)CC[C@@]314.COc1ccc2c3c1O[C@@H]1C(=O)CC[C@@H]4C(C2)[N@@+](C)([O-])CC[C@@]314.OO. The average molecular weight is 681 g/mol. The van der Waals surface area contributed by atoms with Crippen molar-refractivity contribution in [1.82, 2.24) is 4.90 Å². The molecule has 3 N–H and O–H groups in total. The fourth-order valence-corrected chi connectivity index (χ4v) is 11.5. The number of carbonyl (C=O) groups excluding carboxylic acids is 2. The van der Waals surface area contributed by atoms with Gasteiger partial charge in [-0.1, -0.05) is 12.1 Å². The Labute approximate surface area is 286 Å². The Hall–Kier alpha value is -3.26. The predicted molar refractivity (Wildman–Crippen MR) is 178 cm³/mol. The van der Waals surface area contributed by atoms with Crippen LogP contribution in [0.5, 0.6) is 23.0 Å². The molecule has 2 unspecified atom stereocenters. The molecule has 0 radical (unpaired) electrons. The number of nitrogens with zero attached hydrogens (tertiary/aromatic N) is 2. The lowest BCUT2D eigenvalue weighted by Crippen LogP contribution is -2.70. The number of ether oxygens (including phenoxy) is 4. The van der Waals surface area contributed by atoms with Crippen molar-refractivity contribution in [1.29, 1.82) is 0 Å². The molecule has 266 valence electrons. The molecule has 2 spiro atoms. The first-order valence-electron chi connectivity index (χ1n) is 17.4. The summed E-state index contributed by atoms with van der Waals surface area (Å²) in [4.78, 5) is 27.7. The van der Waals surface area contributed by atoms with Crippen LogP contribution in [0.25, 0.3) is 0 Å². The zero-order valence-electron chi connectivity index (χ0n) is 28.9. The van der Waals surface area contributed by atoms with Crippen LogP contribution in [0, 0.1) is 17.0 Å². The molecule has 2 aromatic carbocycles. The van der Waals surface area contributed by atoms with Gasteiger partial charge in [0.2, 0.25) is 0 Å². The molecular weight excluding hydrogens is 632 g/mol. The van der Waals surface area contributed by atoms with E-state index in [4.69, 9.17) is 34.6 Å². The summed E-state index contributed by atoms with van der Waals surface area (Å²) in [5.41, 5.74) is 4.64. The molecule has 12 nitrogen and oxygen atoms in total. The lowest BCUT2D eigenvalue weighted by Gasteiger charge is -2.62. The first-order chi connectivity index (χ1) is 23.7. The van der Waals surface area contributed by atoms with E-state index in [1.54, 1.807) is 21.3 Å². The Morgan fingerprint density at radius 1 is 0.837 bits per heavy atom. The van der Waals surface area contributed by atoms with E-state index >= 15 is 0 Å². The van der Waals surface area contributed by atoms with Gasteiger partial charge in [-0.15, -0.1) is 0 Å². The number of rotatable bonds is 2. The minimum absolute atomic E-state index is 0.0368. The monoisotopic (exact) mass is 680 g/mol. The Morgan fingerprint density at radius 3 is 1.90 bits per heavy atom. The fourth-order valence-electron chi connectivity index (χ4n) is 11.5. The minimum Gasteiger partial charge on any atom is -0.633 e. The lowest BCUT2D eigenvalue weighted by molar-refractivity contribution is -0.899. The number of aliphatic hydroxyl groups is 1. The average Bonchev–Trinajstić information content (AvgIpc) is 3.67. The van der Waals surface area contributed by atoms with Crippen LogP contribution in [-0.2, 0) is 33.3 Å². The Bertz CT molecular complexity index is 1660. The number of methoxy groups -OCH3 is 2. The number of ketones is 2. The van der Waals surface area contributed by atoms with Crippen molar-refractivity contribution in [2.75, 3.05) is 48.5 Å². The second kappa shape index (κ2) is 12.2. The number of Topliss-reactive ketones (excluding diaryl/α,β-unsaturated/α-hetero) is 2. The van der Waals surface area contributed by atoms with E-state index in [1.165, 1.54) is 22.3 Å². The summed E-state index contributed by atoms with van der Waals surface area (Å²) in [5, 5.41) is 32.0. The Morgan fingerprint density at radius 2 is 1.35 bits per heavy atom. The van der Waals surface area contributed by atoms with E-state index in [2.05, 4.69) is 24.1 Å². The lowest BCUT2D eigenvalue weighted by atomic mass is 9.51. The highest BCUT2D eigenvalue weighted by molar-refractivity contribution is 5.90. The van der Waals surface area contributed by atoms with Crippen LogP contribution in [0.3, 0.4) is 0 Å². The van der Waals surface area contributed by atoms with Gasteiger partial charge in [0.25, 0.3) is 0 Å². The van der Waals surface area contributed by atoms with E-state index in [0.29, 0.717) is 37.1 Å². The second-order valence-electron chi connectivity index (χ2n) is 15.0. The molecule has 4 bridgehead atoms. The van der Waals surface area contributed by atoms with Gasteiger partial charge in [0.15, 0.2) is 46.8 Å². The molecule has 0 aromatic heterocycles. The number of likely N-dealkylation sites (tertiary alicyclic amines) is 2. The summed E-state index contributed by atoms with van der Waals surface area (Å²) >= 11 is 0. The first-order valence-corrected chi connectivity index (χ1v) is 17.4. The third-order valence-corrected chi connectivity index (χ3v) is 13.4. The Balaban J connectivity index is 0.000000141. The molecule has 2 saturated heterocycles. The van der Waals surface area contributed by atoms with Gasteiger partial charge < -0.3 is 38.8 Å². The van der Waals surface area contributed by atoms with E-state index in [9.17, 15) is 14.8 Å². The van der Waals surface area contributed by atoms with Crippen molar-refractivity contribution in [3.8, 4) is 23.0 Å². The molecule has 4 aliphatic heterocycles. The maximum Gasteiger partial charge on any atom is 0.174 e. The van der Waals surface area contributed by atoms with Gasteiger partial charge in [-0.3, -0.25) is 20.1 Å². The van der Waals surface area contributed by atoms with Crippen molar-refractivity contribution in [2.24, 2.45) is 11.8 Å². The number of aliphatic hydroxyl groups excluding tert-OH is 1. The van der Waals surface area contributed by atoms with Gasteiger partial charge in [-0.2, -0.15) is 0 Å². The highest BCUT2D eigenvalue weighted by Crippen LogP contribution is 2.65. The molecule has 0 amide bonds. The van der Waals surface area contributed by atoms with E-state index in [0.717, 1.165) is 69.4 Å². The summed E-state index contributed by atoms with van der Waals surface area (Å²) < 4.78 is 23.3. The van der Waals surface area contributed by atoms with E-state index < -0.39 is 6.10 Å². The molecule has 12 heteroatoms. The van der Waals surface area contributed by atoms with Crippen LogP contribution in [0.15, 0.2) is 24.3 Å². The molecule has 9 atom stereocenters. The number of piperidine rings is 2. The van der Waals surface area contributed by atoms with Crippen molar-refractivity contribution >= 4 is 11.6 Å². The third-order valence-electron chi connectivity index (χ3n) is 13.4. The van der Waals surface area contributed by atoms with Crippen molar-refractivity contribution < 1.29 is 48.8 Å². The number of likely N-dealkylation sites (N-methyl/N-ethyl adjacent to an activating group) is 2. The van der Waals surface area contributed by atoms with Crippen LogP contribution < -0.4 is 18.9 Å². The van der Waals surface area contributed by atoms with Gasteiger partial charge in [0, 0.05) is 61.3 Å². The maximum absolute atomic E-state index is 13.0. The number of quaternary nitrogens is 1. The van der Waals surface area contributed by atoms with Gasteiger partial charge in [0.05, 0.1) is 39.3 Å². The number of hydroxylamine groups is 3. The molecule has 4 fully saturated rings. The highest BCUT2D eigenvalue weighted by atomic mass is 17.0. The molecule has 2 saturated carbocycles. The second-order valence-corrected chi connectivity index (χ2v) is 15.0. The molecule has 4 heterocycles. The first kappa shape index (κ1) is 34.2. The van der Waals surface area contributed by atoms with Gasteiger partial charge >= 0.3 is 0 Å². The highest BCUT2D eigenvalue weighted by Gasteiger charge is 2.68. The van der Waals surface area contributed by atoms with Gasteiger partial charge in [-0.25, -0.2) is 0 Å². The summed E-state index contributed by atoms with van der Waals surface area (Å²) in [6.07, 6.45) is 5.90. The van der Waals surface area contributed by atoms with Crippen molar-refractivity contribution in [3.63, 3.8) is 0 Å². The van der Waals surface area contributed by atoms with Crippen LogP contribution >= 0.6 is 0 Å². The summed E-state index contributed by atoms with van der Waals surface area (Å²) in [7, 11) is 8.35. The van der Waals surface area contributed by atoms with E-state index in [1.807, 2.05) is 12.1 Å². The standard InChI is InChI=1S/C18H21NO4.C18H21NO3.CH4O.H2O2/c1-19(21)8-7-18-11-4-5-13(20)17(18)23-16-14(22-2)6-3-10(15(16)18)9-12(11)19;1-19-8-7-18-11-4-5-13(20)17(18)22-16-14(21-2)6-3-10(15(16)18)9-12(11)19;2*1-2/h3,6,11-12,17H,4-5,7-9H2,1-2H3;3,6,11-12,17H,4-5,7-9H2,1-2H3;2H,1H3;1-2H/t11-,12?,17-,18-,19+;11-,12?,17-,18-;;/m11../s1. The summed E-state index contributed by atoms with van der Waals surface area (Å²) in [6, 6.07) is 8.75. The maximum atomic E-state index is 13.0. The van der Waals surface area contributed by atoms with Crippen molar-refractivity contribution in [3.05, 3.63) is 51.7 Å². The molecule has 8 aliphatic rings. The minimum atomic E-state index is -0.422. The van der Waals surface area contributed by atoms with E-state index in [-0.39, 0.29) is 45.1 Å². The van der Waals surface area contributed by atoms with Gasteiger partial charge in [0.1, 0.15) is 0 Å². The molecular formula is C37H48N2O10. The molecule has 2 aromatic rings. The van der Waals surface area contributed by atoms with Gasteiger partial charge in [-0.05, 0) is 68.5 Å². The topological polar surface area (TPSA) is 158 Å². The molecule has 4 aliphatic carbocycles. The normalized spacial score (nSPS) is 37.7. The largest absolute Gasteiger partial charge is 0.633 e. The molecule has 49 heavy (non-hydrogen) atoms. The smallest absolute Gasteiger partial charge is 0.174 e. The summed E-state index contributed by atoms with van der Waals surface area (Å²) in [5.74, 6) is 4.36. The quantitative estimate of drug-likeness (QED) is 0.185. The number of hydrogen-bond acceptors (Lipinski definition) is 11. The third kappa shape index (κ3) is 4.44. The molecule has 10 rings (SSSR count). The van der Waals surface area contributed by atoms with Crippen LogP contribution in [0.4, 0.5) is 0 Å². The number of hydrogen-bond donors (Lipinski definition) is 3. The zero-order chi connectivity index (χ0) is 35.0. The van der Waals surface area contributed by atoms with Crippen LogP contribution in [0.1, 0.15) is 60.8 Å². The van der Waals surface area contributed by atoms with Crippen molar-refractivity contribution in [2.45, 2.75) is 86.5 Å². The number of benzene rings is 2. The predicted octanol–water partition coefficient (Wildman–Crippen LogP) is 3.51. The fraction of sp³-hybridized carbons (Fsp3) is 0.622. The number of carbonyl (C=O) groups is 2. The van der Waals surface area contributed by atoms with Crippen LogP contribution in [-0.4, -0.2) is 110 Å². The van der Waals surface area contributed by atoms with Crippen LogP contribution in [0.2, 0.25) is 0 Å². The Kier molecular flexibility index (Phi) is 8.52. The summed E-state index contributed by atoms with van der Waals surface area (Å²) in [6.45, 7) is 1.61.